The summed E-state index contributed by atoms with van der Waals surface area (Å²) < 4.78 is 40.0. The van der Waals surface area contributed by atoms with Gasteiger partial charge in [-0.25, -0.2) is 14.5 Å². The van der Waals surface area contributed by atoms with Crippen LogP contribution >= 0.6 is 11.8 Å². The van der Waals surface area contributed by atoms with Crippen molar-refractivity contribution in [1.29, 1.82) is 0 Å². The smallest absolute Gasteiger partial charge is 0.336 e. The number of amidine groups is 1. The molecule has 1 saturated heterocycles. The summed E-state index contributed by atoms with van der Waals surface area (Å²) in [5.74, 6) is 1.72. The Hall–Kier alpha value is -4.12. The van der Waals surface area contributed by atoms with Crippen LogP contribution in [0.3, 0.4) is 0 Å². The summed E-state index contributed by atoms with van der Waals surface area (Å²) in [6, 6.07) is 18.5. The van der Waals surface area contributed by atoms with Crippen LogP contribution in [0, 0.1) is 6.92 Å². The van der Waals surface area contributed by atoms with Crippen LogP contribution in [0.2, 0.25) is 0 Å². The Labute approximate surface area is 253 Å². The van der Waals surface area contributed by atoms with Crippen LogP contribution in [0.4, 0.5) is 23.7 Å². The van der Waals surface area contributed by atoms with Crippen molar-refractivity contribution in [3.8, 4) is 17.1 Å². The van der Waals surface area contributed by atoms with Gasteiger partial charge < -0.3 is 10.2 Å². The maximum absolute atomic E-state index is 12.9. The average molecular weight is 607 g/mol. The zero-order valence-corrected chi connectivity index (χ0v) is 25.2. The number of carbonyl (C=O) groups is 1. The first-order valence-electron chi connectivity index (χ1n) is 14.1. The third-order valence-electron chi connectivity index (χ3n) is 7.32. The number of urea groups is 1. The number of hydrogen-bond donors (Lipinski definition) is 1. The SMILES string of the molecule is Cc1ccc(C(C)C)c(N2CCSC2=NC(=O)NCC(C)c2ccc(-c3ncn(-c4ccc(C(F)(F)F)cc4)n3)cc2)c1. The molecular formula is C32H33F3N6OS. The summed E-state index contributed by atoms with van der Waals surface area (Å²) in [6.07, 6.45) is -2.92. The molecule has 0 saturated carbocycles. The zero-order valence-electron chi connectivity index (χ0n) is 24.4. The van der Waals surface area contributed by atoms with Gasteiger partial charge in [-0.2, -0.15) is 18.2 Å². The first-order chi connectivity index (χ1) is 20.5. The van der Waals surface area contributed by atoms with Crippen molar-refractivity contribution in [2.75, 3.05) is 23.7 Å². The van der Waals surface area contributed by atoms with Crippen LogP contribution in [-0.2, 0) is 6.18 Å². The molecule has 5 rings (SSSR count). The molecule has 1 unspecified atom stereocenters. The highest BCUT2D eigenvalue weighted by molar-refractivity contribution is 8.14. The lowest BCUT2D eigenvalue weighted by molar-refractivity contribution is -0.137. The van der Waals surface area contributed by atoms with Crippen LogP contribution < -0.4 is 10.2 Å². The van der Waals surface area contributed by atoms with Crippen molar-refractivity contribution in [3.63, 3.8) is 0 Å². The number of hydrogen-bond acceptors (Lipinski definition) is 4. The van der Waals surface area contributed by atoms with Crippen LogP contribution in [-0.4, -0.2) is 44.8 Å². The van der Waals surface area contributed by atoms with E-state index in [1.54, 1.807) is 11.8 Å². The standard InChI is InChI=1S/C32H33F3N6OS/c1-20(2)27-14-5-21(3)17-28(27)40-15-16-43-31(40)38-30(42)36-18-22(4)23-6-8-24(9-7-23)29-37-19-41(39-29)26-12-10-25(11-13-26)32(33,34)35/h5-14,17,19-20,22H,15-16,18H2,1-4H3,(H,36,42). The third-order valence-corrected chi connectivity index (χ3v) is 8.28. The monoisotopic (exact) mass is 606 g/mol. The maximum Gasteiger partial charge on any atom is 0.416 e. The number of anilines is 1. The Morgan fingerprint density at radius 3 is 2.44 bits per heavy atom. The fourth-order valence-electron chi connectivity index (χ4n) is 4.86. The van der Waals surface area contributed by atoms with Crippen molar-refractivity contribution in [2.24, 2.45) is 4.99 Å². The summed E-state index contributed by atoms with van der Waals surface area (Å²) in [4.78, 5) is 23.7. The van der Waals surface area contributed by atoms with E-state index in [0.29, 0.717) is 29.1 Å². The zero-order chi connectivity index (χ0) is 30.7. The number of aliphatic imine (C=N–C) groups is 1. The summed E-state index contributed by atoms with van der Waals surface area (Å²) in [5.41, 5.74) is 5.08. The molecule has 2 heterocycles. The summed E-state index contributed by atoms with van der Waals surface area (Å²) in [6.45, 7) is 9.66. The number of carbonyl (C=O) groups excluding carboxylic acids is 1. The molecule has 0 radical (unpaired) electrons. The summed E-state index contributed by atoms with van der Waals surface area (Å²) in [5, 5.41) is 8.08. The topological polar surface area (TPSA) is 75.4 Å². The predicted octanol–water partition coefficient (Wildman–Crippen LogP) is 7.81. The van der Waals surface area contributed by atoms with Gasteiger partial charge in [0.05, 0.1) is 11.3 Å². The second-order valence-corrected chi connectivity index (χ2v) is 11.9. The van der Waals surface area contributed by atoms with E-state index in [9.17, 15) is 18.0 Å². The molecule has 1 aliphatic heterocycles. The van der Waals surface area contributed by atoms with Gasteiger partial charge in [-0.15, -0.1) is 5.10 Å². The Bertz CT molecular complexity index is 1610. The van der Waals surface area contributed by atoms with Gasteiger partial charge in [0.2, 0.25) is 0 Å². The molecule has 0 aliphatic carbocycles. The lowest BCUT2D eigenvalue weighted by Crippen LogP contribution is -2.30. The molecule has 1 atom stereocenters. The largest absolute Gasteiger partial charge is 0.416 e. The van der Waals surface area contributed by atoms with Gasteiger partial charge in [-0.05, 0) is 65.8 Å². The molecule has 1 aromatic heterocycles. The van der Waals surface area contributed by atoms with Gasteiger partial charge in [0.15, 0.2) is 11.0 Å². The van der Waals surface area contributed by atoms with Crippen LogP contribution in [0.5, 0.6) is 0 Å². The molecule has 2 amide bonds. The second kappa shape index (κ2) is 12.6. The number of alkyl halides is 3. The number of thioether (sulfide) groups is 1. The number of rotatable bonds is 7. The van der Waals surface area contributed by atoms with Gasteiger partial charge in [-0.3, -0.25) is 0 Å². The molecular weight excluding hydrogens is 573 g/mol. The number of amides is 2. The molecule has 224 valence electrons. The van der Waals surface area contributed by atoms with E-state index in [4.69, 9.17) is 0 Å². The van der Waals surface area contributed by atoms with E-state index in [0.717, 1.165) is 41.2 Å². The Balaban J connectivity index is 1.20. The Kier molecular flexibility index (Phi) is 8.91. The number of nitrogens with one attached hydrogen (secondary N) is 1. The van der Waals surface area contributed by atoms with Gasteiger partial charge in [-0.1, -0.05) is 68.9 Å². The number of halogens is 3. The van der Waals surface area contributed by atoms with Crippen molar-refractivity contribution >= 4 is 28.6 Å². The highest BCUT2D eigenvalue weighted by Gasteiger charge is 2.30. The lowest BCUT2D eigenvalue weighted by atomic mass is 9.99. The fourth-order valence-corrected chi connectivity index (χ4v) is 5.81. The van der Waals surface area contributed by atoms with E-state index in [1.807, 2.05) is 31.2 Å². The molecule has 1 N–H and O–H groups in total. The van der Waals surface area contributed by atoms with E-state index < -0.39 is 11.7 Å². The number of benzene rings is 3. The Morgan fingerprint density at radius 2 is 1.77 bits per heavy atom. The highest BCUT2D eigenvalue weighted by Crippen LogP contribution is 2.34. The molecule has 4 aromatic rings. The molecule has 0 spiro atoms. The fraction of sp³-hybridized carbons (Fsp3) is 0.312. The molecule has 0 bridgehead atoms. The highest BCUT2D eigenvalue weighted by atomic mass is 32.2. The minimum Gasteiger partial charge on any atom is -0.336 e. The maximum atomic E-state index is 12.9. The van der Waals surface area contributed by atoms with E-state index in [1.165, 1.54) is 34.3 Å². The van der Waals surface area contributed by atoms with E-state index in [2.05, 4.69) is 64.3 Å². The lowest BCUT2D eigenvalue weighted by Gasteiger charge is -2.23. The molecule has 7 nitrogen and oxygen atoms in total. The van der Waals surface area contributed by atoms with Crippen molar-refractivity contribution < 1.29 is 18.0 Å². The number of aromatic nitrogens is 3. The molecule has 1 fully saturated rings. The minimum absolute atomic E-state index is 0.0347. The summed E-state index contributed by atoms with van der Waals surface area (Å²) in [7, 11) is 0. The van der Waals surface area contributed by atoms with Crippen molar-refractivity contribution in [1.82, 2.24) is 20.1 Å². The van der Waals surface area contributed by atoms with Crippen LogP contribution in [0.25, 0.3) is 17.1 Å². The number of aryl methyl sites for hydroxylation is 1. The normalized spacial score (nSPS) is 15.3. The van der Waals surface area contributed by atoms with Crippen LogP contribution in [0.1, 0.15) is 54.9 Å². The molecule has 1 aliphatic rings. The third kappa shape index (κ3) is 7.10. The number of nitrogens with zero attached hydrogens (tertiary/aromatic N) is 5. The van der Waals surface area contributed by atoms with Gasteiger partial charge in [0.25, 0.3) is 0 Å². The van der Waals surface area contributed by atoms with Gasteiger partial charge in [0.1, 0.15) is 6.33 Å². The van der Waals surface area contributed by atoms with Crippen molar-refractivity contribution in [3.05, 3.63) is 95.3 Å². The van der Waals surface area contributed by atoms with Crippen molar-refractivity contribution in [2.45, 2.75) is 45.7 Å². The van der Waals surface area contributed by atoms with Crippen LogP contribution in [0.15, 0.2) is 78.0 Å². The predicted molar refractivity (Wildman–Crippen MR) is 166 cm³/mol. The average Bonchev–Trinajstić information content (AvgIpc) is 3.66. The van der Waals surface area contributed by atoms with Gasteiger partial charge >= 0.3 is 12.2 Å². The first-order valence-corrected chi connectivity index (χ1v) is 15.0. The summed E-state index contributed by atoms with van der Waals surface area (Å²) >= 11 is 1.59. The first kappa shape index (κ1) is 30.3. The molecule has 11 heteroatoms. The second-order valence-electron chi connectivity index (χ2n) is 10.9. The molecule has 43 heavy (non-hydrogen) atoms. The van der Waals surface area contributed by atoms with E-state index >= 15 is 0 Å². The van der Waals surface area contributed by atoms with Gasteiger partial charge in [0, 0.05) is 30.1 Å². The Morgan fingerprint density at radius 1 is 1.05 bits per heavy atom. The minimum atomic E-state index is -4.39. The quantitative estimate of drug-likeness (QED) is 0.232. The van der Waals surface area contributed by atoms with E-state index in [-0.39, 0.29) is 11.9 Å². The molecule has 3 aromatic carbocycles.